The monoisotopic (exact) mass is 319 g/mol. The summed E-state index contributed by atoms with van der Waals surface area (Å²) in [5.41, 5.74) is 1.61. The summed E-state index contributed by atoms with van der Waals surface area (Å²) in [6, 6.07) is 7.97. The van der Waals surface area contributed by atoms with Gasteiger partial charge in [0.25, 0.3) is 5.69 Å². The van der Waals surface area contributed by atoms with Gasteiger partial charge in [-0.15, -0.1) is 11.3 Å². The molecule has 0 fully saturated rings. The van der Waals surface area contributed by atoms with E-state index in [0.29, 0.717) is 12.2 Å². The van der Waals surface area contributed by atoms with Gasteiger partial charge in [0.1, 0.15) is 0 Å². The summed E-state index contributed by atoms with van der Waals surface area (Å²) in [6.07, 6.45) is 0. The highest BCUT2D eigenvalue weighted by atomic mass is 32.1. The molecule has 0 spiro atoms. The number of nitro groups is 1. The molecule has 22 heavy (non-hydrogen) atoms. The Labute approximate surface area is 132 Å². The lowest BCUT2D eigenvalue weighted by molar-refractivity contribution is -0.384. The second-order valence-corrected chi connectivity index (χ2v) is 6.06. The third kappa shape index (κ3) is 4.37. The number of rotatable bonds is 6. The minimum Gasteiger partial charge on any atom is -0.325 e. The van der Waals surface area contributed by atoms with Crippen molar-refractivity contribution in [3.05, 3.63) is 56.3 Å². The van der Waals surface area contributed by atoms with Crippen LogP contribution in [0.5, 0.6) is 0 Å². The molecule has 116 valence electrons. The van der Waals surface area contributed by atoms with Gasteiger partial charge in [-0.05, 0) is 37.0 Å². The molecule has 0 saturated heterocycles. The molecule has 1 aromatic heterocycles. The fourth-order valence-electron chi connectivity index (χ4n) is 2.01. The zero-order chi connectivity index (χ0) is 16.1. The maximum atomic E-state index is 12.0. The van der Waals surface area contributed by atoms with Crippen molar-refractivity contribution in [3.63, 3.8) is 0 Å². The van der Waals surface area contributed by atoms with Crippen molar-refractivity contribution in [2.24, 2.45) is 0 Å². The average molecular weight is 319 g/mol. The molecule has 2 aromatic rings. The molecule has 1 N–H and O–H groups in total. The van der Waals surface area contributed by atoms with Gasteiger partial charge in [-0.1, -0.05) is 6.07 Å². The Balaban J connectivity index is 1.91. The van der Waals surface area contributed by atoms with E-state index in [2.05, 4.69) is 11.4 Å². The topological polar surface area (TPSA) is 75.5 Å². The highest BCUT2D eigenvalue weighted by molar-refractivity contribution is 7.10. The van der Waals surface area contributed by atoms with Crippen molar-refractivity contribution < 1.29 is 9.72 Å². The zero-order valence-corrected chi connectivity index (χ0v) is 13.2. The van der Waals surface area contributed by atoms with Crippen LogP contribution in [0.3, 0.4) is 0 Å². The number of hydrogen-bond acceptors (Lipinski definition) is 5. The summed E-state index contributed by atoms with van der Waals surface area (Å²) < 4.78 is 0. The Hall–Kier alpha value is -2.25. The average Bonchev–Trinajstić information content (AvgIpc) is 2.84. The number of likely N-dealkylation sites (N-methyl/N-ethyl adjacent to an activating group) is 1. The van der Waals surface area contributed by atoms with Gasteiger partial charge in [-0.25, -0.2) is 0 Å². The van der Waals surface area contributed by atoms with Crippen molar-refractivity contribution in [2.45, 2.75) is 13.5 Å². The van der Waals surface area contributed by atoms with E-state index in [9.17, 15) is 14.9 Å². The van der Waals surface area contributed by atoms with Gasteiger partial charge in [-0.2, -0.15) is 0 Å². The van der Waals surface area contributed by atoms with Crippen LogP contribution in [0.15, 0.2) is 35.7 Å². The summed E-state index contributed by atoms with van der Waals surface area (Å²) in [6.45, 7) is 2.97. The van der Waals surface area contributed by atoms with Crippen LogP contribution in [0, 0.1) is 17.0 Å². The SMILES string of the molecule is Cc1ccsc1CN(C)CC(=O)Nc1cccc([N+](=O)[O-])c1. The summed E-state index contributed by atoms with van der Waals surface area (Å²) in [5.74, 6) is -0.197. The van der Waals surface area contributed by atoms with E-state index in [0.717, 1.165) is 0 Å². The molecule has 1 heterocycles. The van der Waals surface area contributed by atoms with Crippen LogP contribution >= 0.6 is 11.3 Å². The number of thiophene rings is 1. The summed E-state index contributed by atoms with van der Waals surface area (Å²) in [5, 5.41) is 15.4. The Bertz CT molecular complexity index is 684. The number of aryl methyl sites for hydroxylation is 1. The third-order valence-electron chi connectivity index (χ3n) is 3.14. The van der Waals surface area contributed by atoms with Crippen LogP contribution in [0.2, 0.25) is 0 Å². The van der Waals surface area contributed by atoms with Gasteiger partial charge in [0.15, 0.2) is 0 Å². The summed E-state index contributed by atoms with van der Waals surface area (Å²) in [7, 11) is 1.87. The number of nitro benzene ring substituents is 1. The van der Waals surface area contributed by atoms with E-state index in [1.807, 2.05) is 24.3 Å². The lowest BCUT2D eigenvalue weighted by Crippen LogP contribution is -2.29. The fourth-order valence-corrected chi connectivity index (χ4v) is 3.00. The predicted octanol–water partition coefficient (Wildman–Crippen LogP) is 3.04. The first-order valence-corrected chi connectivity index (χ1v) is 7.59. The van der Waals surface area contributed by atoms with Crippen LogP contribution in [-0.2, 0) is 11.3 Å². The molecule has 1 amide bonds. The summed E-state index contributed by atoms with van der Waals surface area (Å²) >= 11 is 1.67. The largest absolute Gasteiger partial charge is 0.325 e. The number of nitrogens with one attached hydrogen (secondary N) is 1. The molecule has 0 saturated carbocycles. The Morgan fingerprint density at radius 2 is 2.18 bits per heavy atom. The second-order valence-electron chi connectivity index (χ2n) is 5.05. The molecular formula is C15H17N3O3S. The highest BCUT2D eigenvalue weighted by Crippen LogP contribution is 2.18. The molecule has 0 aliphatic rings. The number of hydrogen-bond donors (Lipinski definition) is 1. The van der Waals surface area contributed by atoms with Gasteiger partial charge in [0.2, 0.25) is 5.91 Å². The van der Waals surface area contributed by atoms with E-state index >= 15 is 0 Å². The molecule has 0 atom stereocenters. The number of non-ortho nitro benzene ring substituents is 1. The van der Waals surface area contributed by atoms with Crippen molar-refractivity contribution >= 4 is 28.6 Å². The van der Waals surface area contributed by atoms with Crippen LogP contribution in [0.1, 0.15) is 10.4 Å². The normalized spacial score (nSPS) is 10.7. The van der Waals surface area contributed by atoms with Gasteiger partial charge < -0.3 is 5.32 Å². The molecule has 7 heteroatoms. The summed E-state index contributed by atoms with van der Waals surface area (Å²) in [4.78, 5) is 25.4. The molecule has 0 aliphatic heterocycles. The van der Waals surface area contributed by atoms with Gasteiger partial charge >= 0.3 is 0 Å². The predicted molar refractivity (Wildman–Crippen MR) is 87.1 cm³/mol. The Kier molecular flexibility index (Phi) is 5.24. The Morgan fingerprint density at radius 1 is 1.41 bits per heavy atom. The smallest absolute Gasteiger partial charge is 0.271 e. The number of anilines is 1. The first-order valence-electron chi connectivity index (χ1n) is 6.71. The minimum atomic E-state index is -0.485. The van der Waals surface area contributed by atoms with Crippen LogP contribution in [0.4, 0.5) is 11.4 Å². The first-order chi connectivity index (χ1) is 10.5. The van der Waals surface area contributed by atoms with Crippen molar-refractivity contribution in [3.8, 4) is 0 Å². The second kappa shape index (κ2) is 7.15. The molecule has 0 unspecified atom stereocenters. The van der Waals surface area contributed by atoms with Crippen LogP contribution < -0.4 is 5.32 Å². The zero-order valence-electron chi connectivity index (χ0n) is 12.4. The maximum Gasteiger partial charge on any atom is 0.271 e. The lowest BCUT2D eigenvalue weighted by Gasteiger charge is -2.16. The van der Waals surface area contributed by atoms with E-state index in [1.54, 1.807) is 23.5 Å². The number of carbonyl (C=O) groups excluding carboxylic acids is 1. The molecule has 6 nitrogen and oxygen atoms in total. The maximum absolute atomic E-state index is 12.0. The standard InChI is InChI=1S/C15H17N3O3S/c1-11-6-7-22-14(11)9-17(2)10-15(19)16-12-4-3-5-13(8-12)18(20)21/h3-8H,9-10H2,1-2H3,(H,16,19). The molecule has 0 radical (unpaired) electrons. The number of benzene rings is 1. The quantitative estimate of drug-likeness (QED) is 0.656. The minimum absolute atomic E-state index is 0.0413. The van der Waals surface area contributed by atoms with Crippen molar-refractivity contribution in [1.82, 2.24) is 4.90 Å². The van der Waals surface area contributed by atoms with Crippen molar-refractivity contribution in [1.29, 1.82) is 0 Å². The molecule has 1 aromatic carbocycles. The van der Waals surface area contributed by atoms with Crippen LogP contribution in [0.25, 0.3) is 0 Å². The molecule has 0 aliphatic carbocycles. The van der Waals surface area contributed by atoms with E-state index in [-0.39, 0.29) is 18.1 Å². The lowest BCUT2D eigenvalue weighted by atomic mass is 10.2. The number of nitrogens with zero attached hydrogens (tertiary/aromatic N) is 2. The fraction of sp³-hybridized carbons (Fsp3) is 0.267. The number of amides is 1. The highest BCUT2D eigenvalue weighted by Gasteiger charge is 2.11. The van der Waals surface area contributed by atoms with Gasteiger partial charge in [0.05, 0.1) is 11.5 Å². The van der Waals surface area contributed by atoms with E-state index < -0.39 is 4.92 Å². The van der Waals surface area contributed by atoms with E-state index in [4.69, 9.17) is 0 Å². The van der Waals surface area contributed by atoms with Gasteiger partial charge in [-0.3, -0.25) is 19.8 Å². The molecule has 0 bridgehead atoms. The van der Waals surface area contributed by atoms with Gasteiger partial charge in [0, 0.05) is 29.2 Å². The number of carbonyl (C=O) groups is 1. The third-order valence-corrected chi connectivity index (χ3v) is 4.14. The van der Waals surface area contributed by atoms with E-state index in [1.165, 1.54) is 22.6 Å². The van der Waals surface area contributed by atoms with Crippen LogP contribution in [-0.4, -0.2) is 29.3 Å². The van der Waals surface area contributed by atoms with Crippen molar-refractivity contribution in [2.75, 3.05) is 18.9 Å². The first kappa shape index (κ1) is 16.1. The Morgan fingerprint density at radius 3 is 2.82 bits per heavy atom. The molecule has 2 rings (SSSR count). The molecular weight excluding hydrogens is 302 g/mol.